The van der Waals surface area contributed by atoms with E-state index in [0.29, 0.717) is 0 Å². The Morgan fingerprint density at radius 3 is 0.394 bits per heavy atom. The van der Waals surface area contributed by atoms with E-state index in [4.69, 9.17) is 19.8 Å². The zero-order valence-electron chi connectivity index (χ0n) is 36.8. The average Bonchev–Trinajstić information content (AvgIpc) is 3.35. The van der Waals surface area contributed by atoms with Crippen molar-refractivity contribution in [2.75, 3.05) is 0 Å². The minimum atomic E-state index is -1.08. The van der Waals surface area contributed by atoms with Gasteiger partial charge >= 0.3 is 19.5 Å². The number of carboxylic acid groups (broad SMARTS) is 2. The normalized spacial score (nSPS) is 9.89. The molecule has 0 aliphatic rings. The minimum absolute atomic E-state index is 0. The number of carboxylic acids is 2. The molecule has 0 aliphatic heterocycles. The monoisotopic (exact) mass is 1010 g/mol. The number of hydrogen-bond acceptors (Lipinski definition) is 4. The van der Waals surface area contributed by atoms with Gasteiger partial charge in [-0.15, -0.1) is 0 Å². The first-order valence-corrected chi connectivity index (χ1v) is 25.1. The maximum absolute atomic E-state index is 8.89. The van der Waals surface area contributed by atoms with E-state index < -0.39 is 35.7 Å². The van der Waals surface area contributed by atoms with Gasteiger partial charge in [-0.1, -0.05) is 273 Å². The van der Waals surface area contributed by atoms with E-state index in [2.05, 4.69) is 273 Å². The van der Waals surface area contributed by atoms with Crippen LogP contribution in [0.5, 0.6) is 0 Å². The second-order valence-corrected chi connectivity index (χ2v) is 20.7. The van der Waals surface area contributed by atoms with Gasteiger partial charge in [0.15, 0.2) is 0 Å². The summed E-state index contributed by atoms with van der Waals surface area (Å²) < 4.78 is 0. The molecule has 0 fully saturated rings. The molecule has 66 heavy (non-hydrogen) atoms. The third kappa shape index (κ3) is 18.0. The Labute approximate surface area is 407 Å². The second kappa shape index (κ2) is 30.1. The van der Waals surface area contributed by atoms with Crippen LogP contribution in [0.4, 0.5) is 0 Å². The molecule has 0 spiro atoms. The number of carbonyl (C=O) groups is 2. The van der Waals surface area contributed by atoms with Crippen LogP contribution in [0.3, 0.4) is 0 Å². The molecule has 0 heterocycles. The van der Waals surface area contributed by atoms with Gasteiger partial charge in [-0.05, 0) is 85.4 Å². The maximum Gasteiger partial charge on any atom is 2.00 e. The molecule has 0 saturated heterocycles. The predicted octanol–water partition coefficient (Wildman–Crippen LogP) is 7.84. The fourth-order valence-electron chi connectivity index (χ4n) is 6.54. The van der Waals surface area contributed by atoms with Gasteiger partial charge in [0.1, 0.15) is 0 Å². The van der Waals surface area contributed by atoms with E-state index in [-0.39, 0.29) is 19.5 Å². The molecule has 9 rings (SSSR count). The fraction of sp³-hybridized carbons (Fsp3) is 0.0345. The number of hydrogen-bond donors (Lipinski definition) is 0. The zero-order valence-corrected chi connectivity index (χ0v) is 41.2. The number of rotatable bonds is 9. The van der Waals surface area contributed by atoms with Gasteiger partial charge in [0.25, 0.3) is 0 Å². The summed E-state index contributed by atoms with van der Waals surface area (Å²) >= 11 is 0. The summed E-state index contributed by atoms with van der Waals surface area (Å²) in [5.74, 6) is -2.17. The van der Waals surface area contributed by atoms with E-state index >= 15 is 0 Å². The number of benzene rings is 9. The Balaban J connectivity index is 0.000000198. The van der Waals surface area contributed by atoms with E-state index in [9.17, 15) is 0 Å². The van der Waals surface area contributed by atoms with E-state index in [1.54, 1.807) is 0 Å². The molecule has 330 valence electrons. The molecule has 0 saturated carbocycles. The molecule has 8 heteroatoms. The average molecular weight is 1010 g/mol. The van der Waals surface area contributed by atoms with Gasteiger partial charge in [0.05, 0.1) is 0 Å². The molecule has 0 radical (unpaired) electrons. The molecule has 0 aliphatic carbocycles. The van der Waals surface area contributed by atoms with Crippen molar-refractivity contribution in [2.24, 2.45) is 0 Å². The molecule has 0 aromatic heterocycles. The van der Waals surface area contributed by atoms with Crippen molar-refractivity contribution < 1.29 is 39.3 Å². The largest absolute Gasteiger partial charge is 2.00 e. The zero-order chi connectivity index (χ0) is 45.9. The third-order valence-corrected chi connectivity index (χ3v) is 16.5. The van der Waals surface area contributed by atoms with Crippen molar-refractivity contribution in [3.05, 3.63) is 273 Å². The summed E-state index contributed by atoms with van der Waals surface area (Å²) in [7, 11) is -1.34. The summed E-state index contributed by atoms with van der Waals surface area (Å²) in [6.07, 6.45) is 0. The molecule has 0 N–H and O–H groups in total. The van der Waals surface area contributed by atoms with E-state index in [1.807, 2.05) is 0 Å². The van der Waals surface area contributed by atoms with Crippen molar-refractivity contribution >= 4 is 83.4 Å². The van der Waals surface area contributed by atoms with E-state index in [1.165, 1.54) is 47.7 Å². The van der Waals surface area contributed by atoms with Gasteiger partial charge in [0, 0.05) is 11.9 Å². The second-order valence-electron chi connectivity index (χ2n) is 14.0. The summed E-state index contributed by atoms with van der Waals surface area (Å²) in [4.78, 5) is 17.8. The van der Waals surface area contributed by atoms with Crippen molar-refractivity contribution in [1.82, 2.24) is 0 Å². The molecule has 0 bridgehead atoms. The molecule has 0 amide bonds. The van der Waals surface area contributed by atoms with Crippen LogP contribution in [0.25, 0.3) is 0 Å². The van der Waals surface area contributed by atoms with Gasteiger partial charge < -0.3 is 19.8 Å². The molecule has 4 nitrogen and oxygen atoms in total. The van der Waals surface area contributed by atoms with E-state index in [0.717, 1.165) is 13.8 Å². The van der Waals surface area contributed by atoms with Crippen LogP contribution in [0.1, 0.15) is 13.8 Å². The Morgan fingerprint density at radius 2 is 0.318 bits per heavy atom. The SMILES string of the molecule is CC(=O)[O-].CC(=O)[O-].[Ru+2].c1ccc(P(c2ccccc2)c2ccccc2)cc1.c1ccc(P(c2ccccc2)c2ccccc2)cc1.c1ccc(P(c2ccccc2)c2ccccc2)cc1. The summed E-state index contributed by atoms with van der Waals surface area (Å²) in [6.45, 7) is 1.94. The van der Waals surface area contributed by atoms with Crippen LogP contribution in [0.2, 0.25) is 0 Å². The third-order valence-electron chi connectivity index (χ3n) is 9.13. The van der Waals surface area contributed by atoms with Crippen LogP contribution in [-0.2, 0) is 29.1 Å². The smallest absolute Gasteiger partial charge is 0.550 e. The molecule has 0 unspecified atom stereocenters. The molecular weight excluding hydrogens is 955 g/mol. The summed E-state index contributed by atoms with van der Waals surface area (Å²) in [5.41, 5.74) is 0. The van der Waals surface area contributed by atoms with Crippen molar-refractivity contribution in [3.8, 4) is 0 Å². The van der Waals surface area contributed by atoms with Gasteiger partial charge in [-0.25, -0.2) is 0 Å². The van der Waals surface area contributed by atoms with Crippen molar-refractivity contribution in [3.63, 3.8) is 0 Å². The maximum atomic E-state index is 8.89. The molecular formula is C58H51O4P3Ru. The van der Waals surface area contributed by atoms with Crippen molar-refractivity contribution in [2.45, 2.75) is 13.8 Å². The van der Waals surface area contributed by atoms with Crippen LogP contribution in [0.15, 0.2) is 273 Å². The first-order chi connectivity index (χ1) is 31.8. The van der Waals surface area contributed by atoms with Crippen LogP contribution >= 0.6 is 23.8 Å². The van der Waals surface area contributed by atoms with Gasteiger partial charge in [-0.2, -0.15) is 0 Å². The Hall–Kier alpha value is -6.17. The molecule has 0 atom stereocenters. The topological polar surface area (TPSA) is 80.3 Å². The first-order valence-electron chi connectivity index (χ1n) is 21.0. The minimum Gasteiger partial charge on any atom is -0.550 e. The van der Waals surface area contributed by atoms with Gasteiger partial charge in [0.2, 0.25) is 0 Å². The van der Waals surface area contributed by atoms with Crippen molar-refractivity contribution in [1.29, 1.82) is 0 Å². The predicted molar refractivity (Wildman–Crippen MR) is 277 cm³/mol. The Kier molecular flexibility index (Phi) is 23.9. The molecule has 9 aromatic carbocycles. The Bertz CT molecular complexity index is 2070. The first kappa shape index (κ1) is 52.5. The van der Waals surface area contributed by atoms with Gasteiger partial charge in [-0.3, -0.25) is 0 Å². The quantitative estimate of drug-likeness (QED) is 0.109. The van der Waals surface area contributed by atoms with Crippen LogP contribution in [-0.4, -0.2) is 11.9 Å². The summed E-state index contributed by atoms with van der Waals surface area (Å²) in [6, 6.07) is 97.0. The summed E-state index contributed by atoms with van der Waals surface area (Å²) in [5, 5.41) is 30.4. The molecule has 9 aromatic rings. The number of aliphatic carboxylic acids is 2. The number of carbonyl (C=O) groups excluding carboxylic acids is 2. The fourth-order valence-corrected chi connectivity index (χ4v) is 13.5. The standard InChI is InChI=1S/3C18H15P.2C2H4O2.Ru/c3*1-4-10-16(11-5-1)19(17-12-6-2-7-13-17)18-14-8-3-9-15-18;2*1-2(3)4;/h3*1-15H;2*1H3,(H,3,4);/q;;;;;+2/p-2. The Morgan fingerprint density at radius 1 is 0.242 bits per heavy atom. The van der Waals surface area contributed by atoms with Crippen LogP contribution < -0.4 is 58.0 Å². The van der Waals surface area contributed by atoms with Crippen LogP contribution in [0, 0.1) is 0 Å².